The van der Waals surface area contributed by atoms with E-state index in [0.717, 1.165) is 18.5 Å². The minimum Gasteiger partial charge on any atom is -0.373 e. The molecule has 0 aromatic heterocycles. The molecule has 0 aliphatic carbocycles. The molecule has 3 heteroatoms. The zero-order chi connectivity index (χ0) is 7.84. The first-order valence-electron chi connectivity index (χ1n) is 3.98. The van der Waals surface area contributed by atoms with Crippen LogP contribution < -0.4 is 0 Å². The zero-order valence-corrected chi connectivity index (χ0v) is 6.29. The second-order valence-corrected chi connectivity index (χ2v) is 3.02. The maximum absolute atomic E-state index is 11.1. The number of allylic oxidation sites excluding steroid dienone is 2. The average molecular weight is 153 g/mol. The highest BCUT2D eigenvalue weighted by atomic mass is 16.3. The molecule has 1 saturated heterocycles. The number of aliphatic hydroxyl groups is 1. The quantitative estimate of drug-likeness (QED) is 0.553. The molecule has 11 heavy (non-hydrogen) atoms. The third-order valence-electron chi connectivity index (χ3n) is 2.28. The fourth-order valence-corrected chi connectivity index (χ4v) is 1.72. The van der Waals surface area contributed by atoms with Crippen molar-refractivity contribution in [2.75, 3.05) is 0 Å². The molecule has 0 bridgehead atoms. The normalized spacial score (nSPS) is 30.3. The molecule has 0 saturated carbocycles. The Morgan fingerprint density at radius 2 is 2.36 bits per heavy atom. The lowest BCUT2D eigenvalue weighted by molar-refractivity contribution is -0.135. The van der Waals surface area contributed by atoms with Gasteiger partial charge < -0.3 is 5.11 Å². The summed E-state index contributed by atoms with van der Waals surface area (Å²) in [5.41, 5.74) is 1.02. The zero-order valence-electron chi connectivity index (χ0n) is 6.29. The molecule has 1 amide bonds. The summed E-state index contributed by atoms with van der Waals surface area (Å²) < 4.78 is 0. The average Bonchev–Trinajstić information content (AvgIpc) is 2.34. The minimum atomic E-state index is -0.551. The predicted octanol–water partition coefficient (Wildman–Crippen LogP) is 0.605. The number of aliphatic hydroxyl groups excluding tert-OH is 1. The van der Waals surface area contributed by atoms with E-state index in [1.807, 2.05) is 0 Å². The molecule has 2 heterocycles. The number of hydrogen-bond donors (Lipinski definition) is 1. The molecule has 1 atom stereocenters. The van der Waals surface area contributed by atoms with E-state index < -0.39 is 6.23 Å². The van der Waals surface area contributed by atoms with E-state index in [4.69, 9.17) is 0 Å². The molecule has 1 N–H and O–H groups in total. The van der Waals surface area contributed by atoms with Gasteiger partial charge in [-0.3, -0.25) is 9.69 Å². The largest absolute Gasteiger partial charge is 0.373 e. The predicted molar refractivity (Wildman–Crippen MR) is 39.4 cm³/mol. The van der Waals surface area contributed by atoms with E-state index in [1.54, 1.807) is 0 Å². The van der Waals surface area contributed by atoms with Crippen molar-refractivity contribution in [2.24, 2.45) is 0 Å². The highest BCUT2D eigenvalue weighted by Gasteiger charge is 2.32. The fraction of sp³-hybridized carbons (Fsp3) is 0.625. The Labute approximate surface area is 65.3 Å². The SMILES string of the molecule is O=C1CCC2=CCCC(O)N12. The summed E-state index contributed by atoms with van der Waals surface area (Å²) in [6.45, 7) is 0. The smallest absolute Gasteiger partial charge is 0.229 e. The van der Waals surface area contributed by atoms with Crippen LogP contribution in [0.5, 0.6) is 0 Å². The molecular weight excluding hydrogens is 142 g/mol. The van der Waals surface area contributed by atoms with Crippen molar-refractivity contribution in [3.63, 3.8) is 0 Å². The monoisotopic (exact) mass is 153 g/mol. The Hall–Kier alpha value is -0.830. The Morgan fingerprint density at radius 3 is 3.09 bits per heavy atom. The lowest BCUT2D eigenvalue weighted by Gasteiger charge is -2.27. The maximum Gasteiger partial charge on any atom is 0.229 e. The molecule has 0 aromatic rings. The third kappa shape index (κ3) is 0.959. The van der Waals surface area contributed by atoms with Crippen LogP contribution in [0, 0.1) is 0 Å². The Kier molecular flexibility index (Phi) is 1.46. The van der Waals surface area contributed by atoms with Crippen molar-refractivity contribution in [2.45, 2.75) is 31.9 Å². The molecule has 2 rings (SSSR count). The fourth-order valence-electron chi connectivity index (χ4n) is 1.72. The van der Waals surface area contributed by atoms with E-state index in [-0.39, 0.29) is 5.91 Å². The van der Waals surface area contributed by atoms with Gasteiger partial charge in [0.05, 0.1) is 0 Å². The number of amides is 1. The summed E-state index contributed by atoms with van der Waals surface area (Å²) in [5, 5.41) is 9.41. The number of nitrogens with zero attached hydrogens (tertiary/aromatic N) is 1. The van der Waals surface area contributed by atoms with Gasteiger partial charge in [-0.2, -0.15) is 0 Å². The number of rotatable bonds is 0. The van der Waals surface area contributed by atoms with Crippen LogP contribution in [0.3, 0.4) is 0 Å². The number of carbonyl (C=O) groups is 1. The summed E-state index contributed by atoms with van der Waals surface area (Å²) in [4.78, 5) is 12.7. The molecule has 1 unspecified atom stereocenters. The Balaban J connectivity index is 2.29. The van der Waals surface area contributed by atoms with Gasteiger partial charge in [-0.05, 0) is 19.3 Å². The van der Waals surface area contributed by atoms with Crippen molar-refractivity contribution in [3.8, 4) is 0 Å². The van der Waals surface area contributed by atoms with Crippen LogP contribution in [0.25, 0.3) is 0 Å². The van der Waals surface area contributed by atoms with Crippen molar-refractivity contribution >= 4 is 5.91 Å². The summed E-state index contributed by atoms with van der Waals surface area (Å²) in [6.07, 6.45) is 4.48. The third-order valence-corrected chi connectivity index (χ3v) is 2.28. The molecule has 2 aliphatic rings. The van der Waals surface area contributed by atoms with Gasteiger partial charge in [-0.15, -0.1) is 0 Å². The highest BCUT2D eigenvalue weighted by molar-refractivity contribution is 5.81. The first-order valence-corrected chi connectivity index (χ1v) is 3.98. The van der Waals surface area contributed by atoms with Crippen LogP contribution in [-0.4, -0.2) is 22.1 Å². The lowest BCUT2D eigenvalue weighted by atomic mass is 10.1. The van der Waals surface area contributed by atoms with Crippen LogP contribution in [-0.2, 0) is 4.79 Å². The number of hydrogen-bond acceptors (Lipinski definition) is 2. The summed E-state index contributed by atoms with van der Waals surface area (Å²) in [7, 11) is 0. The van der Waals surface area contributed by atoms with Crippen molar-refractivity contribution in [1.29, 1.82) is 0 Å². The van der Waals surface area contributed by atoms with Crippen LogP contribution in [0.1, 0.15) is 25.7 Å². The maximum atomic E-state index is 11.1. The number of carbonyl (C=O) groups excluding carboxylic acids is 1. The molecule has 60 valence electrons. The van der Waals surface area contributed by atoms with E-state index in [9.17, 15) is 9.90 Å². The molecule has 3 nitrogen and oxygen atoms in total. The van der Waals surface area contributed by atoms with Gasteiger partial charge in [0.1, 0.15) is 6.23 Å². The second-order valence-electron chi connectivity index (χ2n) is 3.02. The van der Waals surface area contributed by atoms with Crippen molar-refractivity contribution in [3.05, 3.63) is 11.8 Å². The van der Waals surface area contributed by atoms with Gasteiger partial charge in [-0.25, -0.2) is 0 Å². The highest BCUT2D eigenvalue weighted by Crippen LogP contribution is 2.29. The van der Waals surface area contributed by atoms with Gasteiger partial charge in [0, 0.05) is 12.1 Å². The van der Waals surface area contributed by atoms with Gasteiger partial charge in [0.2, 0.25) is 5.91 Å². The number of fused-ring (bicyclic) bond motifs is 1. The molecule has 0 aromatic carbocycles. The lowest BCUT2D eigenvalue weighted by Crippen LogP contribution is -2.36. The molecule has 1 fully saturated rings. The molecular formula is C8H11NO2. The van der Waals surface area contributed by atoms with E-state index in [1.165, 1.54) is 4.90 Å². The summed E-state index contributed by atoms with van der Waals surface area (Å²) in [6, 6.07) is 0. The van der Waals surface area contributed by atoms with Gasteiger partial charge in [0.15, 0.2) is 0 Å². The van der Waals surface area contributed by atoms with E-state index >= 15 is 0 Å². The second kappa shape index (κ2) is 2.34. The van der Waals surface area contributed by atoms with Crippen LogP contribution in [0.4, 0.5) is 0 Å². The molecule has 0 spiro atoms. The minimum absolute atomic E-state index is 0.0726. The first-order chi connectivity index (χ1) is 5.29. The topological polar surface area (TPSA) is 40.5 Å². The standard InChI is InChI=1S/C8H11NO2/c10-7-3-1-2-6-4-5-8(11)9(6)7/h2,7,10H,1,3-5H2. The van der Waals surface area contributed by atoms with E-state index in [2.05, 4.69) is 6.08 Å². The van der Waals surface area contributed by atoms with Crippen LogP contribution in [0.15, 0.2) is 11.8 Å². The van der Waals surface area contributed by atoms with Gasteiger partial charge in [-0.1, -0.05) is 6.08 Å². The summed E-state index contributed by atoms with van der Waals surface area (Å²) >= 11 is 0. The van der Waals surface area contributed by atoms with E-state index in [0.29, 0.717) is 12.8 Å². The van der Waals surface area contributed by atoms with Gasteiger partial charge >= 0.3 is 0 Å². The molecule has 0 radical (unpaired) electrons. The first kappa shape index (κ1) is 6.85. The van der Waals surface area contributed by atoms with Crippen LogP contribution >= 0.6 is 0 Å². The van der Waals surface area contributed by atoms with Gasteiger partial charge in [0.25, 0.3) is 0 Å². The Bertz CT molecular complexity index is 222. The van der Waals surface area contributed by atoms with Crippen molar-refractivity contribution < 1.29 is 9.90 Å². The Morgan fingerprint density at radius 1 is 1.55 bits per heavy atom. The van der Waals surface area contributed by atoms with Crippen LogP contribution in [0.2, 0.25) is 0 Å². The molecule has 2 aliphatic heterocycles. The van der Waals surface area contributed by atoms with Crippen molar-refractivity contribution in [1.82, 2.24) is 4.90 Å². The summed E-state index contributed by atoms with van der Waals surface area (Å²) in [5.74, 6) is 0.0726.